The van der Waals surface area contributed by atoms with Crippen molar-refractivity contribution in [2.45, 2.75) is 18.9 Å². The summed E-state index contributed by atoms with van der Waals surface area (Å²) in [6.45, 7) is 2.22. The van der Waals surface area contributed by atoms with E-state index in [1.165, 1.54) is 0 Å². The number of hydrogen-bond donors (Lipinski definition) is 0. The van der Waals surface area contributed by atoms with Crippen LogP contribution in [0.2, 0.25) is 0 Å². The maximum Gasteiger partial charge on any atom is 0.193 e. The van der Waals surface area contributed by atoms with Gasteiger partial charge in [-0.15, -0.1) is 0 Å². The molecule has 1 aliphatic rings. The average molecular weight is 296 g/mol. The number of aryl methyl sites for hydroxylation is 1. The predicted octanol–water partition coefficient (Wildman–Crippen LogP) is 3.27. The standard InChI is InChI=1S/C19H20O3/c20-19(16-8-2-1-3-9-16)18-11-5-4-7-15(18)10-6-12-21-13-17-14-22-17/h1-5,7-9,11,17H,6,10,12-14H2. The van der Waals surface area contributed by atoms with Crippen LogP contribution in [0.5, 0.6) is 0 Å². The van der Waals surface area contributed by atoms with Crippen LogP contribution in [0.3, 0.4) is 0 Å². The molecular formula is C19H20O3. The van der Waals surface area contributed by atoms with Crippen molar-refractivity contribution in [2.75, 3.05) is 19.8 Å². The zero-order chi connectivity index (χ0) is 15.2. The Labute approximate surface area is 130 Å². The Hall–Kier alpha value is -1.97. The van der Waals surface area contributed by atoms with Crippen molar-refractivity contribution >= 4 is 5.78 Å². The van der Waals surface area contributed by atoms with Crippen LogP contribution in [-0.4, -0.2) is 31.7 Å². The lowest BCUT2D eigenvalue weighted by Gasteiger charge is -2.09. The van der Waals surface area contributed by atoms with Gasteiger partial charge in [-0.25, -0.2) is 0 Å². The zero-order valence-electron chi connectivity index (χ0n) is 12.5. The van der Waals surface area contributed by atoms with Gasteiger partial charge in [-0.05, 0) is 18.4 Å². The Bertz CT molecular complexity index is 618. The van der Waals surface area contributed by atoms with Crippen molar-refractivity contribution in [3.05, 3.63) is 71.3 Å². The number of benzene rings is 2. The third-order valence-corrected chi connectivity index (χ3v) is 3.74. The molecule has 0 spiro atoms. The lowest BCUT2D eigenvalue weighted by Crippen LogP contribution is -2.07. The molecule has 1 fully saturated rings. The monoisotopic (exact) mass is 296 g/mol. The van der Waals surface area contributed by atoms with Gasteiger partial charge in [-0.3, -0.25) is 4.79 Å². The molecule has 1 heterocycles. The van der Waals surface area contributed by atoms with Crippen LogP contribution in [0.4, 0.5) is 0 Å². The SMILES string of the molecule is O=C(c1ccccc1)c1ccccc1CCCOCC1CO1. The van der Waals surface area contributed by atoms with Crippen molar-refractivity contribution in [3.8, 4) is 0 Å². The Kier molecular flexibility index (Phi) is 4.99. The highest BCUT2D eigenvalue weighted by molar-refractivity contribution is 6.09. The summed E-state index contributed by atoms with van der Waals surface area (Å²) in [6, 6.07) is 17.3. The Morgan fingerprint density at radius 3 is 2.59 bits per heavy atom. The molecule has 0 amide bonds. The molecule has 2 aromatic carbocycles. The Balaban J connectivity index is 1.60. The summed E-state index contributed by atoms with van der Waals surface area (Å²) < 4.78 is 10.7. The minimum atomic E-state index is 0.0866. The average Bonchev–Trinajstić information content (AvgIpc) is 3.39. The number of ether oxygens (including phenoxy) is 2. The second-order valence-corrected chi connectivity index (χ2v) is 5.49. The van der Waals surface area contributed by atoms with E-state index in [1.54, 1.807) is 0 Å². The van der Waals surface area contributed by atoms with Crippen molar-refractivity contribution in [1.29, 1.82) is 0 Å². The highest BCUT2D eigenvalue weighted by Crippen LogP contribution is 2.16. The molecule has 0 aliphatic carbocycles. The molecule has 0 saturated carbocycles. The van der Waals surface area contributed by atoms with E-state index >= 15 is 0 Å². The molecular weight excluding hydrogens is 276 g/mol. The summed E-state index contributed by atoms with van der Waals surface area (Å²) in [5.41, 5.74) is 2.61. The van der Waals surface area contributed by atoms with Gasteiger partial charge in [0.15, 0.2) is 5.78 Å². The minimum Gasteiger partial charge on any atom is -0.379 e. The number of ketones is 1. The van der Waals surface area contributed by atoms with E-state index in [0.29, 0.717) is 19.3 Å². The van der Waals surface area contributed by atoms with Crippen molar-refractivity contribution < 1.29 is 14.3 Å². The number of hydrogen-bond acceptors (Lipinski definition) is 3. The summed E-state index contributed by atoms with van der Waals surface area (Å²) in [5, 5.41) is 0. The fourth-order valence-electron chi connectivity index (χ4n) is 2.45. The maximum atomic E-state index is 12.6. The van der Waals surface area contributed by atoms with Gasteiger partial charge in [-0.1, -0.05) is 54.6 Å². The molecule has 1 atom stereocenters. The molecule has 1 saturated heterocycles. The van der Waals surface area contributed by atoms with Crippen LogP contribution in [-0.2, 0) is 15.9 Å². The number of carbonyl (C=O) groups is 1. The molecule has 3 nitrogen and oxygen atoms in total. The quantitative estimate of drug-likeness (QED) is 0.426. The van der Waals surface area contributed by atoms with Gasteiger partial charge in [-0.2, -0.15) is 0 Å². The molecule has 0 radical (unpaired) electrons. The van der Waals surface area contributed by atoms with Crippen molar-refractivity contribution in [1.82, 2.24) is 0 Å². The first-order chi connectivity index (χ1) is 10.8. The Morgan fingerprint density at radius 2 is 1.82 bits per heavy atom. The zero-order valence-corrected chi connectivity index (χ0v) is 12.5. The fourth-order valence-corrected chi connectivity index (χ4v) is 2.45. The summed E-state index contributed by atoms with van der Waals surface area (Å²) in [7, 11) is 0. The first kappa shape index (κ1) is 14.9. The molecule has 22 heavy (non-hydrogen) atoms. The third kappa shape index (κ3) is 4.03. The lowest BCUT2D eigenvalue weighted by molar-refractivity contribution is 0.103. The molecule has 0 bridgehead atoms. The Morgan fingerprint density at radius 1 is 1.09 bits per heavy atom. The van der Waals surface area contributed by atoms with Gasteiger partial charge < -0.3 is 9.47 Å². The van der Waals surface area contributed by atoms with Gasteiger partial charge in [0, 0.05) is 17.7 Å². The molecule has 114 valence electrons. The molecule has 0 N–H and O–H groups in total. The second kappa shape index (κ2) is 7.34. The summed E-state index contributed by atoms with van der Waals surface area (Å²) in [4.78, 5) is 12.6. The van der Waals surface area contributed by atoms with E-state index < -0.39 is 0 Å². The third-order valence-electron chi connectivity index (χ3n) is 3.74. The van der Waals surface area contributed by atoms with Crippen LogP contribution in [0.25, 0.3) is 0 Å². The first-order valence-electron chi connectivity index (χ1n) is 7.71. The van der Waals surface area contributed by atoms with Crippen molar-refractivity contribution in [3.63, 3.8) is 0 Å². The molecule has 3 rings (SSSR count). The largest absolute Gasteiger partial charge is 0.379 e. The number of carbonyl (C=O) groups excluding carboxylic acids is 1. The van der Waals surface area contributed by atoms with E-state index in [-0.39, 0.29) is 5.78 Å². The van der Waals surface area contributed by atoms with Gasteiger partial charge >= 0.3 is 0 Å². The van der Waals surface area contributed by atoms with Gasteiger partial charge in [0.2, 0.25) is 0 Å². The fraction of sp³-hybridized carbons (Fsp3) is 0.316. The smallest absolute Gasteiger partial charge is 0.193 e. The van der Waals surface area contributed by atoms with Gasteiger partial charge in [0.1, 0.15) is 6.10 Å². The number of epoxide rings is 1. The van der Waals surface area contributed by atoms with Crippen LogP contribution < -0.4 is 0 Å². The van der Waals surface area contributed by atoms with Crippen LogP contribution in [0.1, 0.15) is 27.9 Å². The highest BCUT2D eigenvalue weighted by Gasteiger charge is 2.22. The topological polar surface area (TPSA) is 38.8 Å². The van der Waals surface area contributed by atoms with E-state index in [0.717, 1.165) is 36.1 Å². The second-order valence-electron chi connectivity index (χ2n) is 5.49. The van der Waals surface area contributed by atoms with E-state index in [1.807, 2.05) is 54.6 Å². The highest BCUT2D eigenvalue weighted by atomic mass is 16.6. The lowest BCUT2D eigenvalue weighted by atomic mass is 9.96. The molecule has 2 aromatic rings. The minimum absolute atomic E-state index is 0.0866. The van der Waals surface area contributed by atoms with Crippen LogP contribution >= 0.6 is 0 Å². The summed E-state index contributed by atoms with van der Waals surface area (Å²) in [6.07, 6.45) is 2.07. The summed E-state index contributed by atoms with van der Waals surface area (Å²) in [5.74, 6) is 0.0866. The van der Waals surface area contributed by atoms with E-state index in [2.05, 4.69) is 0 Å². The van der Waals surface area contributed by atoms with E-state index in [9.17, 15) is 4.79 Å². The van der Waals surface area contributed by atoms with E-state index in [4.69, 9.17) is 9.47 Å². The molecule has 1 unspecified atom stereocenters. The van der Waals surface area contributed by atoms with Crippen LogP contribution in [0, 0.1) is 0 Å². The van der Waals surface area contributed by atoms with Crippen molar-refractivity contribution in [2.24, 2.45) is 0 Å². The summed E-state index contributed by atoms with van der Waals surface area (Å²) >= 11 is 0. The molecule has 3 heteroatoms. The first-order valence-corrected chi connectivity index (χ1v) is 7.71. The predicted molar refractivity (Wildman–Crippen MR) is 85.2 cm³/mol. The molecule has 0 aromatic heterocycles. The van der Waals surface area contributed by atoms with Gasteiger partial charge in [0.05, 0.1) is 13.2 Å². The maximum absolute atomic E-state index is 12.6. The number of rotatable bonds is 8. The molecule has 1 aliphatic heterocycles. The van der Waals surface area contributed by atoms with Gasteiger partial charge in [0.25, 0.3) is 0 Å². The normalized spacial score (nSPS) is 16.5. The van der Waals surface area contributed by atoms with Crippen LogP contribution in [0.15, 0.2) is 54.6 Å².